The highest BCUT2D eigenvalue weighted by Crippen LogP contribution is 2.28. The van der Waals surface area contributed by atoms with Crippen molar-refractivity contribution in [3.63, 3.8) is 0 Å². The van der Waals surface area contributed by atoms with Gasteiger partial charge in [0.05, 0.1) is 25.2 Å². The second-order valence-electron chi connectivity index (χ2n) is 5.97. The molecule has 2 rings (SSSR count). The Morgan fingerprint density at radius 1 is 1.07 bits per heavy atom. The van der Waals surface area contributed by atoms with Crippen LogP contribution in [0.15, 0.2) is 28.7 Å². The summed E-state index contributed by atoms with van der Waals surface area (Å²) in [5.41, 5.74) is 1.16. The molecule has 1 aromatic heterocycles. The highest BCUT2D eigenvalue weighted by Gasteiger charge is 2.28. The summed E-state index contributed by atoms with van der Waals surface area (Å²) in [4.78, 5) is 36.2. The molecule has 0 aliphatic rings. The standard InChI is InChI=1S/C20H23NO6/c1-5-25-20(24)18-17(13(3)22)14(4)27-19(18)21-16(23)10-11-26-15-8-6-12(2)7-9-15/h6-9H,5,10-11H2,1-4H3,(H,21,23). The molecule has 0 saturated carbocycles. The Morgan fingerprint density at radius 2 is 1.74 bits per heavy atom. The Labute approximate surface area is 157 Å². The zero-order valence-electron chi connectivity index (χ0n) is 15.9. The van der Waals surface area contributed by atoms with Crippen LogP contribution in [0, 0.1) is 13.8 Å². The van der Waals surface area contributed by atoms with Crippen LogP contribution in [0.3, 0.4) is 0 Å². The molecular weight excluding hydrogens is 350 g/mol. The minimum atomic E-state index is -0.717. The molecule has 0 saturated heterocycles. The first-order valence-electron chi connectivity index (χ1n) is 8.64. The molecule has 7 heteroatoms. The molecule has 2 aromatic rings. The number of hydrogen-bond donors (Lipinski definition) is 1. The second-order valence-corrected chi connectivity index (χ2v) is 5.97. The normalized spacial score (nSPS) is 10.4. The molecule has 0 aliphatic heterocycles. The van der Waals surface area contributed by atoms with Crippen molar-refractivity contribution in [3.8, 4) is 5.75 Å². The number of furan rings is 1. The summed E-state index contributed by atoms with van der Waals surface area (Å²) in [6, 6.07) is 7.47. The third kappa shape index (κ3) is 5.20. The van der Waals surface area contributed by atoms with E-state index in [4.69, 9.17) is 13.9 Å². The average molecular weight is 373 g/mol. The van der Waals surface area contributed by atoms with Crippen molar-refractivity contribution in [2.45, 2.75) is 34.1 Å². The fraction of sp³-hybridized carbons (Fsp3) is 0.350. The van der Waals surface area contributed by atoms with E-state index in [1.54, 1.807) is 13.8 Å². The van der Waals surface area contributed by atoms with Crippen LogP contribution in [0.1, 0.15) is 52.3 Å². The van der Waals surface area contributed by atoms with Gasteiger partial charge in [-0.2, -0.15) is 0 Å². The van der Waals surface area contributed by atoms with Crippen LogP contribution >= 0.6 is 0 Å². The summed E-state index contributed by atoms with van der Waals surface area (Å²) in [6.07, 6.45) is 0.0469. The van der Waals surface area contributed by atoms with Crippen molar-refractivity contribution in [2.75, 3.05) is 18.5 Å². The summed E-state index contributed by atoms with van der Waals surface area (Å²) in [5, 5.41) is 2.52. The molecule has 1 N–H and O–H groups in total. The van der Waals surface area contributed by atoms with Gasteiger partial charge in [-0.05, 0) is 39.8 Å². The van der Waals surface area contributed by atoms with E-state index in [0.29, 0.717) is 5.75 Å². The Hall–Kier alpha value is -3.09. The van der Waals surface area contributed by atoms with Crippen molar-refractivity contribution in [1.29, 1.82) is 0 Å². The topological polar surface area (TPSA) is 94.8 Å². The molecule has 0 unspecified atom stereocenters. The lowest BCUT2D eigenvalue weighted by Crippen LogP contribution is -2.18. The van der Waals surface area contributed by atoms with E-state index in [9.17, 15) is 14.4 Å². The molecule has 0 spiro atoms. The van der Waals surface area contributed by atoms with Gasteiger partial charge in [-0.3, -0.25) is 14.9 Å². The van der Waals surface area contributed by atoms with Gasteiger partial charge in [0.2, 0.25) is 11.8 Å². The molecule has 0 fully saturated rings. The lowest BCUT2D eigenvalue weighted by molar-refractivity contribution is -0.116. The smallest absolute Gasteiger partial charge is 0.344 e. The van der Waals surface area contributed by atoms with Gasteiger partial charge < -0.3 is 13.9 Å². The van der Waals surface area contributed by atoms with E-state index in [1.807, 2.05) is 31.2 Å². The number of carbonyl (C=O) groups is 3. The first-order valence-corrected chi connectivity index (χ1v) is 8.64. The number of hydrogen-bond acceptors (Lipinski definition) is 6. The van der Waals surface area contributed by atoms with Gasteiger partial charge in [0.15, 0.2) is 5.78 Å². The van der Waals surface area contributed by atoms with Crippen molar-refractivity contribution in [1.82, 2.24) is 0 Å². The number of nitrogens with one attached hydrogen (secondary N) is 1. The number of anilines is 1. The molecule has 144 valence electrons. The summed E-state index contributed by atoms with van der Waals surface area (Å²) in [6.45, 7) is 6.79. The number of ketones is 1. The quantitative estimate of drug-likeness (QED) is 0.560. The molecule has 1 amide bonds. The highest BCUT2D eigenvalue weighted by molar-refractivity contribution is 6.10. The van der Waals surface area contributed by atoms with Gasteiger partial charge in [-0.1, -0.05) is 17.7 Å². The summed E-state index contributed by atoms with van der Waals surface area (Å²) in [5.74, 6) is -0.647. The third-order valence-corrected chi connectivity index (χ3v) is 3.79. The van der Waals surface area contributed by atoms with Crippen LogP contribution in [0.2, 0.25) is 0 Å². The third-order valence-electron chi connectivity index (χ3n) is 3.79. The summed E-state index contributed by atoms with van der Waals surface area (Å²) < 4.78 is 15.9. The lowest BCUT2D eigenvalue weighted by atomic mass is 10.1. The van der Waals surface area contributed by atoms with E-state index < -0.39 is 11.9 Å². The van der Waals surface area contributed by atoms with Gasteiger partial charge in [0.25, 0.3) is 0 Å². The monoisotopic (exact) mass is 373 g/mol. The number of Topliss-reactive ketones (excluding diaryl/α,β-unsaturated/α-hetero) is 1. The van der Waals surface area contributed by atoms with Crippen molar-refractivity contribution < 1.29 is 28.3 Å². The zero-order valence-corrected chi connectivity index (χ0v) is 15.9. The van der Waals surface area contributed by atoms with Gasteiger partial charge in [0.1, 0.15) is 17.1 Å². The van der Waals surface area contributed by atoms with Gasteiger partial charge in [0, 0.05) is 0 Å². The van der Waals surface area contributed by atoms with Crippen LogP contribution in [0.25, 0.3) is 0 Å². The summed E-state index contributed by atoms with van der Waals surface area (Å²) >= 11 is 0. The van der Waals surface area contributed by atoms with Crippen molar-refractivity contribution in [2.24, 2.45) is 0 Å². The van der Waals surface area contributed by atoms with Gasteiger partial charge in [-0.25, -0.2) is 4.79 Å². The van der Waals surface area contributed by atoms with E-state index in [2.05, 4.69) is 5.32 Å². The average Bonchev–Trinajstić information content (AvgIpc) is 2.93. The van der Waals surface area contributed by atoms with Crippen LogP contribution in [0.4, 0.5) is 5.88 Å². The first kappa shape index (κ1) is 20.2. The molecule has 7 nitrogen and oxygen atoms in total. The molecule has 0 radical (unpaired) electrons. The number of benzene rings is 1. The number of carbonyl (C=O) groups excluding carboxylic acids is 3. The molecule has 27 heavy (non-hydrogen) atoms. The van der Waals surface area contributed by atoms with E-state index in [-0.39, 0.29) is 48.2 Å². The minimum absolute atomic E-state index is 0.0469. The Kier molecular flexibility index (Phi) is 6.76. The predicted octanol–water partition coefficient (Wildman–Crippen LogP) is 3.68. The predicted molar refractivity (Wildman–Crippen MR) is 99.3 cm³/mol. The van der Waals surface area contributed by atoms with Crippen LogP contribution in [-0.4, -0.2) is 30.9 Å². The summed E-state index contributed by atoms with van der Waals surface area (Å²) in [7, 11) is 0. The highest BCUT2D eigenvalue weighted by atomic mass is 16.5. The van der Waals surface area contributed by atoms with Crippen LogP contribution < -0.4 is 10.1 Å². The maximum absolute atomic E-state index is 12.2. The second kappa shape index (κ2) is 9.02. The number of ether oxygens (including phenoxy) is 2. The Morgan fingerprint density at radius 3 is 2.33 bits per heavy atom. The molecule has 0 bridgehead atoms. The number of amides is 1. The van der Waals surface area contributed by atoms with Crippen LogP contribution in [-0.2, 0) is 9.53 Å². The zero-order chi connectivity index (χ0) is 20.0. The molecule has 0 atom stereocenters. The number of rotatable bonds is 8. The first-order chi connectivity index (χ1) is 12.8. The van der Waals surface area contributed by atoms with E-state index >= 15 is 0 Å². The van der Waals surface area contributed by atoms with E-state index in [0.717, 1.165) is 5.56 Å². The van der Waals surface area contributed by atoms with Crippen molar-refractivity contribution >= 4 is 23.5 Å². The largest absolute Gasteiger partial charge is 0.493 e. The lowest BCUT2D eigenvalue weighted by Gasteiger charge is -2.08. The van der Waals surface area contributed by atoms with E-state index in [1.165, 1.54) is 6.92 Å². The van der Waals surface area contributed by atoms with Crippen LogP contribution in [0.5, 0.6) is 5.75 Å². The molecular formula is C20H23NO6. The molecule has 1 heterocycles. The maximum Gasteiger partial charge on any atom is 0.344 e. The Balaban J connectivity index is 2.05. The van der Waals surface area contributed by atoms with Gasteiger partial charge >= 0.3 is 5.97 Å². The molecule has 0 aliphatic carbocycles. The van der Waals surface area contributed by atoms with Crippen molar-refractivity contribution in [3.05, 3.63) is 46.7 Å². The maximum atomic E-state index is 12.2. The fourth-order valence-electron chi connectivity index (χ4n) is 2.54. The minimum Gasteiger partial charge on any atom is -0.493 e. The SMILES string of the molecule is CCOC(=O)c1c(NC(=O)CCOc2ccc(C)cc2)oc(C)c1C(C)=O. The van der Waals surface area contributed by atoms with Gasteiger partial charge in [-0.15, -0.1) is 0 Å². The number of aryl methyl sites for hydroxylation is 2. The molecule has 1 aromatic carbocycles. The Bertz CT molecular complexity index is 835. The number of esters is 1. The fourth-order valence-corrected chi connectivity index (χ4v) is 2.54.